The van der Waals surface area contributed by atoms with E-state index < -0.39 is 0 Å². The number of carbonyl (C=O) groups is 1. The topological polar surface area (TPSA) is 52.6 Å². The Hall–Kier alpha value is -0.770. The van der Waals surface area contributed by atoms with Crippen LogP contribution in [-0.4, -0.2) is 41.3 Å². The SMILES string of the molecule is O=C(NC1CCCC(C2CC2)C1)N1CC2CCCC(C1)C2O. The Balaban J connectivity index is 1.32. The van der Waals surface area contributed by atoms with Gasteiger partial charge >= 0.3 is 6.03 Å². The molecule has 3 saturated carbocycles. The first-order chi connectivity index (χ1) is 10.7. The number of carbonyl (C=O) groups excluding carboxylic acids is 1. The van der Waals surface area contributed by atoms with Crippen LogP contribution in [0.5, 0.6) is 0 Å². The molecular weight excluding hydrogens is 276 g/mol. The highest BCUT2D eigenvalue weighted by Crippen LogP contribution is 2.44. The monoisotopic (exact) mass is 306 g/mol. The normalized spacial score (nSPS) is 42.0. The summed E-state index contributed by atoms with van der Waals surface area (Å²) in [7, 11) is 0. The maximum Gasteiger partial charge on any atom is 0.317 e. The number of nitrogens with zero attached hydrogens (tertiary/aromatic N) is 1. The van der Waals surface area contributed by atoms with Crippen LogP contribution in [0.15, 0.2) is 0 Å². The van der Waals surface area contributed by atoms with Gasteiger partial charge in [-0.15, -0.1) is 0 Å². The Morgan fingerprint density at radius 1 is 0.864 bits per heavy atom. The van der Waals surface area contributed by atoms with Crippen LogP contribution in [0.1, 0.15) is 57.8 Å². The maximum absolute atomic E-state index is 12.6. The molecule has 2 N–H and O–H groups in total. The van der Waals surface area contributed by atoms with Crippen molar-refractivity contribution >= 4 is 6.03 Å². The summed E-state index contributed by atoms with van der Waals surface area (Å²) in [6.45, 7) is 1.50. The zero-order chi connectivity index (χ0) is 15.1. The number of rotatable bonds is 2. The van der Waals surface area contributed by atoms with Gasteiger partial charge in [0, 0.05) is 31.0 Å². The first-order valence-electron chi connectivity index (χ1n) is 9.44. The highest BCUT2D eigenvalue weighted by Gasteiger charge is 2.40. The number of amides is 2. The molecule has 3 aliphatic carbocycles. The molecule has 1 saturated heterocycles. The van der Waals surface area contributed by atoms with Crippen LogP contribution in [-0.2, 0) is 0 Å². The Bertz CT molecular complexity index is 409. The second-order valence-corrected chi connectivity index (χ2v) is 8.26. The molecule has 4 nitrogen and oxygen atoms in total. The number of likely N-dealkylation sites (tertiary alicyclic amines) is 1. The predicted molar refractivity (Wildman–Crippen MR) is 85.4 cm³/mol. The Morgan fingerprint density at radius 3 is 2.18 bits per heavy atom. The highest BCUT2D eigenvalue weighted by atomic mass is 16.3. The molecule has 22 heavy (non-hydrogen) atoms. The third kappa shape index (κ3) is 2.99. The Morgan fingerprint density at radius 2 is 1.50 bits per heavy atom. The molecule has 0 radical (unpaired) electrons. The van der Waals surface area contributed by atoms with E-state index in [2.05, 4.69) is 5.32 Å². The molecule has 124 valence electrons. The number of aliphatic hydroxyl groups excluding tert-OH is 1. The molecule has 0 aromatic heterocycles. The molecule has 4 aliphatic rings. The molecule has 4 fully saturated rings. The number of urea groups is 1. The quantitative estimate of drug-likeness (QED) is 0.824. The Kier molecular flexibility index (Phi) is 4.05. The van der Waals surface area contributed by atoms with Crippen molar-refractivity contribution in [1.29, 1.82) is 0 Å². The zero-order valence-corrected chi connectivity index (χ0v) is 13.5. The van der Waals surface area contributed by atoms with Crippen LogP contribution < -0.4 is 5.32 Å². The third-order valence-corrected chi connectivity index (χ3v) is 6.64. The number of hydrogen-bond acceptors (Lipinski definition) is 2. The minimum absolute atomic E-state index is 0.130. The van der Waals surface area contributed by atoms with E-state index in [1.807, 2.05) is 4.90 Å². The molecule has 4 atom stereocenters. The molecular formula is C18H30N2O2. The van der Waals surface area contributed by atoms with E-state index in [1.165, 1.54) is 38.5 Å². The third-order valence-electron chi connectivity index (χ3n) is 6.64. The number of piperidine rings is 1. The van der Waals surface area contributed by atoms with E-state index in [0.29, 0.717) is 17.9 Å². The smallest absolute Gasteiger partial charge is 0.317 e. The van der Waals surface area contributed by atoms with Crippen LogP contribution in [0.3, 0.4) is 0 Å². The van der Waals surface area contributed by atoms with E-state index in [9.17, 15) is 9.90 Å². The van der Waals surface area contributed by atoms with Crippen molar-refractivity contribution < 1.29 is 9.90 Å². The largest absolute Gasteiger partial charge is 0.392 e. The van der Waals surface area contributed by atoms with Crippen LogP contribution >= 0.6 is 0 Å². The molecule has 0 aromatic carbocycles. The zero-order valence-electron chi connectivity index (χ0n) is 13.5. The Labute approximate surface area is 133 Å². The molecule has 4 unspecified atom stereocenters. The van der Waals surface area contributed by atoms with E-state index in [4.69, 9.17) is 0 Å². The standard InChI is InChI=1S/C18H30N2O2/c21-17-14-4-1-5-15(17)11-20(10-14)18(22)19-16-6-2-3-13(9-16)12-7-8-12/h12-17,21H,1-11H2,(H,19,22). The number of aliphatic hydroxyl groups is 1. The van der Waals surface area contributed by atoms with E-state index in [0.717, 1.165) is 44.2 Å². The summed E-state index contributed by atoms with van der Waals surface area (Å²) in [5.74, 6) is 2.44. The van der Waals surface area contributed by atoms with Crippen LogP contribution in [0.25, 0.3) is 0 Å². The molecule has 1 heterocycles. The van der Waals surface area contributed by atoms with Crippen molar-refractivity contribution in [3.8, 4) is 0 Å². The van der Waals surface area contributed by atoms with Gasteiger partial charge in [-0.3, -0.25) is 0 Å². The van der Waals surface area contributed by atoms with Crippen LogP contribution in [0.4, 0.5) is 4.79 Å². The van der Waals surface area contributed by atoms with E-state index >= 15 is 0 Å². The molecule has 2 amide bonds. The van der Waals surface area contributed by atoms with E-state index in [1.54, 1.807) is 0 Å². The van der Waals surface area contributed by atoms with Crippen molar-refractivity contribution in [3.05, 3.63) is 0 Å². The fourth-order valence-electron chi connectivity index (χ4n) is 5.19. The lowest BCUT2D eigenvalue weighted by molar-refractivity contribution is -0.0371. The number of nitrogens with one attached hydrogen (secondary N) is 1. The number of fused-ring (bicyclic) bond motifs is 2. The second kappa shape index (κ2) is 6.03. The van der Waals surface area contributed by atoms with Crippen molar-refractivity contribution in [3.63, 3.8) is 0 Å². The van der Waals surface area contributed by atoms with Crippen molar-refractivity contribution in [1.82, 2.24) is 10.2 Å². The van der Waals surface area contributed by atoms with Crippen molar-refractivity contribution in [2.24, 2.45) is 23.7 Å². The van der Waals surface area contributed by atoms with Crippen LogP contribution in [0, 0.1) is 23.7 Å². The van der Waals surface area contributed by atoms with Gasteiger partial charge in [-0.1, -0.05) is 19.3 Å². The van der Waals surface area contributed by atoms with Gasteiger partial charge < -0.3 is 15.3 Å². The fourth-order valence-corrected chi connectivity index (χ4v) is 5.19. The summed E-state index contributed by atoms with van der Waals surface area (Å²) in [5, 5.41) is 13.6. The molecule has 4 heteroatoms. The van der Waals surface area contributed by atoms with Gasteiger partial charge in [-0.2, -0.15) is 0 Å². The molecule has 0 aromatic rings. The summed E-state index contributed by atoms with van der Waals surface area (Å²) in [6.07, 6.45) is 11.0. The van der Waals surface area contributed by atoms with Crippen molar-refractivity contribution in [2.45, 2.75) is 69.9 Å². The number of hydrogen-bond donors (Lipinski definition) is 2. The highest BCUT2D eigenvalue weighted by molar-refractivity contribution is 5.74. The summed E-state index contributed by atoms with van der Waals surface area (Å²) >= 11 is 0. The maximum atomic E-state index is 12.6. The summed E-state index contributed by atoms with van der Waals surface area (Å²) in [5.41, 5.74) is 0. The minimum Gasteiger partial charge on any atom is -0.392 e. The average molecular weight is 306 g/mol. The summed E-state index contributed by atoms with van der Waals surface area (Å²) < 4.78 is 0. The second-order valence-electron chi connectivity index (χ2n) is 8.26. The van der Waals surface area contributed by atoms with Gasteiger partial charge in [0.2, 0.25) is 0 Å². The lowest BCUT2D eigenvalue weighted by atomic mass is 9.75. The summed E-state index contributed by atoms with van der Waals surface area (Å²) in [4.78, 5) is 14.6. The van der Waals surface area contributed by atoms with Gasteiger partial charge in [0.15, 0.2) is 0 Å². The summed E-state index contributed by atoms with van der Waals surface area (Å²) in [6, 6.07) is 0.517. The lowest BCUT2D eigenvalue weighted by Gasteiger charge is -2.45. The van der Waals surface area contributed by atoms with Crippen molar-refractivity contribution in [2.75, 3.05) is 13.1 Å². The molecule has 0 spiro atoms. The predicted octanol–water partition coefficient (Wildman–Crippen LogP) is 2.76. The van der Waals surface area contributed by atoms with Gasteiger partial charge in [0.25, 0.3) is 0 Å². The van der Waals surface area contributed by atoms with Gasteiger partial charge in [-0.05, 0) is 50.4 Å². The average Bonchev–Trinajstić information content (AvgIpc) is 3.31. The molecule has 2 bridgehead atoms. The first kappa shape index (κ1) is 14.8. The van der Waals surface area contributed by atoms with Gasteiger partial charge in [0.05, 0.1) is 6.10 Å². The van der Waals surface area contributed by atoms with Gasteiger partial charge in [0.1, 0.15) is 0 Å². The molecule has 1 aliphatic heterocycles. The minimum atomic E-state index is -0.174. The van der Waals surface area contributed by atoms with E-state index in [-0.39, 0.29) is 12.1 Å². The van der Waals surface area contributed by atoms with Crippen LogP contribution in [0.2, 0.25) is 0 Å². The lowest BCUT2D eigenvalue weighted by Crippen LogP contribution is -2.57. The van der Waals surface area contributed by atoms with Gasteiger partial charge in [-0.25, -0.2) is 4.79 Å². The molecule has 4 rings (SSSR count). The fraction of sp³-hybridized carbons (Fsp3) is 0.944. The first-order valence-corrected chi connectivity index (χ1v) is 9.44.